The highest BCUT2D eigenvalue weighted by Gasteiger charge is 2.19. The molecule has 0 saturated carbocycles. The summed E-state index contributed by atoms with van der Waals surface area (Å²) >= 11 is 1.53. The van der Waals surface area contributed by atoms with Crippen LogP contribution in [0.3, 0.4) is 0 Å². The van der Waals surface area contributed by atoms with Crippen LogP contribution < -0.4 is 10.6 Å². The summed E-state index contributed by atoms with van der Waals surface area (Å²) in [4.78, 5) is 25.3. The van der Waals surface area contributed by atoms with Crippen molar-refractivity contribution in [1.82, 2.24) is 20.4 Å². The first kappa shape index (κ1) is 22.5. The number of amides is 2. The Labute approximate surface area is 197 Å². The standard InChI is InChI=1S/C26H26N4O2S/c1-19(31)28-23(24-13-8-14-33-24)15-25(32)27-16-22-18-30(17-20-9-4-2-5-10-20)29-26(22)21-11-6-3-7-12-21/h2-14,18,23H,15-17H2,1H3,(H,27,32)(H,28,31). The van der Waals surface area contributed by atoms with Gasteiger partial charge in [-0.3, -0.25) is 14.3 Å². The number of aromatic nitrogens is 2. The van der Waals surface area contributed by atoms with E-state index in [1.54, 1.807) is 0 Å². The van der Waals surface area contributed by atoms with Gasteiger partial charge in [0, 0.05) is 35.7 Å². The predicted molar refractivity (Wildman–Crippen MR) is 131 cm³/mol. The molecular weight excluding hydrogens is 432 g/mol. The smallest absolute Gasteiger partial charge is 0.222 e. The summed E-state index contributed by atoms with van der Waals surface area (Å²) in [5.74, 6) is -0.285. The fraction of sp³-hybridized carbons (Fsp3) is 0.192. The molecular formula is C26H26N4O2S. The molecule has 0 fully saturated rings. The first-order chi connectivity index (χ1) is 16.1. The average molecular weight is 459 g/mol. The van der Waals surface area contributed by atoms with E-state index in [1.165, 1.54) is 18.3 Å². The lowest BCUT2D eigenvalue weighted by Crippen LogP contribution is -2.32. The number of carbonyl (C=O) groups excluding carboxylic acids is 2. The van der Waals surface area contributed by atoms with E-state index in [0.29, 0.717) is 13.1 Å². The molecule has 2 N–H and O–H groups in total. The zero-order valence-corrected chi connectivity index (χ0v) is 19.2. The zero-order valence-electron chi connectivity index (χ0n) is 18.4. The van der Waals surface area contributed by atoms with Gasteiger partial charge in [-0.05, 0) is 17.0 Å². The maximum absolute atomic E-state index is 12.8. The van der Waals surface area contributed by atoms with E-state index in [1.807, 2.05) is 76.9 Å². The molecule has 0 radical (unpaired) electrons. The van der Waals surface area contributed by atoms with Crippen LogP contribution >= 0.6 is 11.3 Å². The summed E-state index contributed by atoms with van der Waals surface area (Å²) in [7, 11) is 0. The van der Waals surface area contributed by atoms with Crippen LogP contribution in [0.5, 0.6) is 0 Å². The lowest BCUT2D eigenvalue weighted by molar-refractivity contribution is -0.122. The van der Waals surface area contributed by atoms with Crippen molar-refractivity contribution in [3.05, 3.63) is 100 Å². The summed E-state index contributed by atoms with van der Waals surface area (Å²) in [6.07, 6.45) is 2.17. The minimum absolute atomic E-state index is 0.128. The van der Waals surface area contributed by atoms with E-state index < -0.39 is 0 Å². The van der Waals surface area contributed by atoms with Crippen molar-refractivity contribution in [2.45, 2.75) is 32.5 Å². The van der Waals surface area contributed by atoms with Crippen molar-refractivity contribution in [1.29, 1.82) is 0 Å². The number of rotatable bonds is 9. The zero-order chi connectivity index (χ0) is 23.0. The van der Waals surface area contributed by atoms with Crippen molar-refractivity contribution in [3.8, 4) is 11.3 Å². The first-order valence-electron chi connectivity index (χ1n) is 10.8. The number of benzene rings is 2. The maximum Gasteiger partial charge on any atom is 0.222 e. The summed E-state index contributed by atoms with van der Waals surface area (Å²) in [5.41, 5.74) is 3.95. The maximum atomic E-state index is 12.8. The normalized spacial score (nSPS) is 11.7. The number of nitrogens with one attached hydrogen (secondary N) is 2. The Bertz CT molecular complexity index is 1190. The molecule has 33 heavy (non-hydrogen) atoms. The molecule has 0 bridgehead atoms. The molecule has 2 aromatic heterocycles. The van der Waals surface area contributed by atoms with Crippen LogP contribution in [-0.2, 0) is 22.7 Å². The van der Waals surface area contributed by atoms with Gasteiger partial charge in [0.25, 0.3) is 0 Å². The van der Waals surface area contributed by atoms with Crippen molar-refractivity contribution in [3.63, 3.8) is 0 Å². The number of thiophene rings is 1. The second-order valence-corrected chi connectivity index (χ2v) is 8.78. The van der Waals surface area contributed by atoms with Gasteiger partial charge in [0.15, 0.2) is 0 Å². The molecule has 4 aromatic rings. The first-order valence-corrected chi connectivity index (χ1v) is 11.7. The summed E-state index contributed by atoms with van der Waals surface area (Å²) < 4.78 is 1.91. The molecule has 1 atom stereocenters. The van der Waals surface area contributed by atoms with E-state index in [0.717, 1.165) is 27.3 Å². The number of hydrogen-bond acceptors (Lipinski definition) is 4. The largest absolute Gasteiger partial charge is 0.352 e. The van der Waals surface area contributed by atoms with Crippen LogP contribution in [-0.4, -0.2) is 21.6 Å². The highest BCUT2D eigenvalue weighted by atomic mass is 32.1. The van der Waals surface area contributed by atoms with E-state index in [9.17, 15) is 9.59 Å². The third-order valence-electron chi connectivity index (χ3n) is 5.20. The summed E-state index contributed by atoms with van der Waals surface area (Å²) in [6.45, 7) is 2.47. The minimum atomic E-state index is -0.336. The Balaban J connectivity index is 1.49. The molecule has 2 heterocycles. The Morgan fingerprint density at radius 2 is 1.73 bits per heavy atom. The van der Waals surface area contributed by atoms with Crippen LogP contribution in [0.25, 0.3) is 11.3 Å². The van der Waals surface area contributed by atoms with E-state index in [-0.39, 0.29) is 24.3 Å². The highest BCUT2D eigenvalue weighted by Crippen LogP contribution is 2.24. The molecule has 4 rings (SSSR count). The van der Waals surface area contributed by atoms with Crippen molar-refractivity contribution in [2.75, 3.05) is 0 Å². The van der Waals surface area contributed by atoms with Gasteiger partial charge in [-0.2, -0.15) is 5.10 Å². The molecule has 0 aliphatic rings. The second-order valence-electron chi connectivity index (χ2n) is 7.80. The van der Waals surface area contributed by atoms with Gasteiger partial charge in [0.2, 0.25) is 11.8 Å². The number of carbonyl (C=O) groups is 2. The predicted octanol–water partition coefficient (Wildman–Crippen LogP) is 4.54. The Morgan fingerprint density at radius 1 is 1.00 bits per heavy atom. The van der Waals surface area contributed by atoms with Crippen LogP contribution in [0.15, 0.2) is 84.4 Å². The minimum Gasteiger partial charge on any atom is -0.352 e. The highest BCUT2D eigenvalue weighted by molar-refractivity contribution is 7.10. The van der Waals surface area contributed by atoms with Gasteiger partial charge in [-0.1, -0.05) is 66.7 Å². The van der Waals surface area contributed by atoms with Gasteiger partial charge in [0.05, 0.1) is 24.7 Å². The van der Waals surface area contributed by atoms with E-state index >= 15 is 0 Å². The molecule has 2 amide bonds. The molecule has 0 aliphatic heterocycles. The SMILES string of the molecule is CC(=O)NC(CC(=O)NCc1cn(Cc2ccccc2)nc1-c1ccccc1)c1cccs1. The van der Waals surface area contributed by atoms with E-state index in [2.05, 4.69) is 22.8 Å². The fourth-order valence-corrected chi connectivity index (χ4v) is 4.47. The van der Waals surface area contributed by atoms with Gasteiger partial charge in [0.1, 0.15) is 0 Å². The molecule has 1 unspecified atom stereocenters. The van der Waals surface area contributed by atoms with E-state index in [4.69, 9.17) is 5.10 Å². The quantitative estimate of drug-likeness (QED) is 0.387. The van der Waals surface area contributed by atoms with Gasteiger partial charge >= 0.3 is 0 Å². The fourth-order valence-electron chi connectivity index (χ4n) is 3.69. The monoisotopic (exact) mass is 458 g/mol. The Hall–Kier alpha value is -3.71. The Morgan fingerprint density at radius 3 is 2.39 bits per heavy atom. The third kappa shape index (κ3) is 6.17. The number of nitrogens with zero attached hydrogens (tertiary/aromatic N) is 2. The number of hydrogen-bond donors (Lipinski definition) is 2. The molecule has 168 valence electrons. The van der Waals surface area contributed by atoms with Crippen LogP contribution in [0, 0.1) is 0 Å². The van der Waals surface area contributed by atoms with Crippen LogP contribution in [0.4, 0.5) is 0 Å². The van der Waals surface area contributed by atoms with Crippen molar-refractivity contribution < 1.29 is 9.59 Å². The molecule has 0 aliphatic carbocycles. The lowest BCUT2D eigenvalue weighted by atomic mass is 10.1. The van der Waals surface area contributed by atoms with Crippen molar-refractivity contribution in [2.24, 2.45) is 0 Å². The molecule has 7 heteroatoms. The van der Waals surface area contributed by atoms with Crippen LogP contribution in [0.2, 0.25) is 0 Å². The third-order valence-corrected chi connectivity index (χ3v) is 6.19. The van der Waals surface area contributed by atoms with Gasteiger partial charge in [-0.15, -0.1) is 11.3 Å². The van der Waals surface area contributed by atoms with Gasteiger partial charge < -0.3 is 10.6 Å². The average Bonchev–Trinajstić information content (AvgIpc) is 3.49. The van der Waals surface area contributed by atoms with Crippen molar-refractivity contribution >= 4 is 23.2 Å². The lowest BCUT2D eigenvalue weighted by Gasteiger charge is -2.16. The van der Waals surface area contributed by atoms with Gasteiger partial charge in [-0.25, -0.2) is 0 Å². The molecule has 0 saturated heterocycles. The molecule has 0 spiro atoms. The topological polar surface area (TPSA) is 76.0 Å². The molecule has 2 aromatic carbocycles. The summed E-state index contributed by atoms with van der Waals surface area (Å²) in [5, 5.41) is 12.6. The molecule has 6 nitrogen and oxygen atoms in total. The Kier molecular flexibility index (Phi) is 7.32. The summed E-state index contributed by atoms with van der Waals surface area (Å²) in [6, 6.07) is 23.6. The van der Waals surface area contributed by atoms with Crippen LogP contribution in [0.1, 0.15) is 35.4 Å². The second kappa shape index (κ2) is 10.7.